The van der Waals surface area contributed by atoms with Crippen LogP contribution in [0.2, 0.25) is 0 Å². The molecule has 0 aliphatic rings. The van der Waals surface area contributed by atoms with Crippen LogP contribution in [0.3, 0.4) is 0 Å². The third-order valence-corrected chi connectivity index (χ3v) is 1.31. The van der Waals surface area contributed by atoms with E-state index in [9.17, 15) is 0 Å². The summed E-state index contributed by atoms with van der Waals surface area (Å²) in [7, 11) is 0. The highest BCUT2D eigenvalue weighted by atomic mass is 32.1. The van der Waals surface area contributed by atoms with E-state index in [1.807, 2.05) is 13.8 Å². The first kappa shape index (κ1) is 7.21. The molecule has 1 radical (unpaired) electrons. The van der Waals surface area contributed by atoms with E-state index in [1.54, 1.807) is 0 Å². The zero-order chi connectivity index (χ0) is 7.56. The minimum absolute atomic E-state index is 0.731. The molecule has 0 bridgehead atoms. The van der Waals surface area contributed by atoms with Gasteiger partial charge in [0.05, 0.1) is 0 Å². The molecule has 4 heteroatoms. The van der Waals surface area contributed by atoms with E-state index in [4.69, 9.17) is 4.52 Å². The van der Waals surface area contributed by atoms with Crippen LogP contribution in [0.1, 0.15) is 11.5 Å². The van der Waals surface area contributed by atoms with Crippen LogP contribution in [0.4, 0.5) is 5.69 Å². The van der Waals surface area contributed by atoms with Crippen LogP contribution >= 0.6 is 12.2 Å². The maximum absolute atomic E-state index is 4.85. The second-order valence-corrected chi connectivity index (χ2v) is 2.13. The first-order chi connectivity index (χ1) is 4.75. The Morgan fingerprint density at radius 1 is 1.60 bits per heavy atom. The molecule has 0 atom stereocenters. The van der Waals surface area contributed by atoms with Crippen molar-refractivity contribution in [1.29, 1.82) is 0 Å². The van der Waals surface area contributed by atoms with Crippen molar-refractivity contribution in [2.75, 3.05) is 5.32 Å². The summed E-state index contributed by atoms with van der Waals surface area (Å²) in [6, 6.07) is 0. The van der Waals surface area contributed by atoms with E-state index in [2.05, 4.69) is 28.2 Å². The van der Waals surface area contributed by atoms with Crippen molar-refractivity contribution >= 4 is 23.4 Å². The molecule has 0 spiro atoms. The van der Waals surface area contributed by atoms with Gasteiger partial charge in [-0.05, 0) is 13.8 Å². The Kier molecular flexibility index (Phi) is 2.01. The van der Waals surface area contributed by atoms with E-state index in [-0.39, 0.29) is 0 Å². The van der Waals surface area contributed by atoms with Gasteiger partial charge < -0.3 is 9.84 Å². The van der Waals surface area contributed by atoms with Crippen LogP contribution in [-0.4, -0.2) is 10.6 Å². The molecule has 0 saturated heterocycles. The monoisotopic (exact) mass is 155 g/mol. The molecule has 0 aromatic carbocycles. The Labute approximate surface area is 64.4 Å². The van der Waals surface area contributed by atoms with Crippen LogP contribution in [0.5, 0.6) is 0 Å². The Bertz CT molecular complexity index is 224. The molecule has 3 nitrogen and oxygen atoms in total. The Morgan fingerprint density at radius 3 is 2.70 bits per heavy atom. The van der Waals surface area contributed by atoms with Crippen LogP contribution in [0.25, 0.3) is 0 Å². The molecular weight excluding hydrogens is 148 g/mol. The fourth-order valence-corrected chi connectivity index (χ4v) is 0.815. The van der Waals surface area contributed by atoms with E-state index >= 15 is 0 Å². The number of aromatic nitrogens is 1. The second kappa shape index (κ2) is 2.79. The van der Waals surface area contributed by atoms with Crippen molar-refractivity contribution in [2.45, 2.75) is 13.8 Å². The quantitative estimate of drug-likeness (QED) is 0.519. The summed E-state index contributed by atoms with van der Waals surface area (Å²) in [4.78, 5) is 0. The molecule has 0 unspecified atom stereocenters. The molecule has 0 saturated carbocycles. The largest absolute Gasteiger partial charge is 0.359 e. The lowest BCUT2D eigenvalue weighted by Crippen LogP contribution is -1.93. The smallest absolute Gasteiger partial charge is 0.157 e. The third kappa shape index (κ3) is 1.16. The van der Waals surface area contributed by atoms with Gasteiger partial charge in [0.15, 0.2) is 5.76 Å². The van der Waals surface area contributed by atoms with Gasteiger partial charge in [0.1, 0.15) is 16.9 Å². The van der Waals surface area contributed by atoms with Crippen molar-refractivity contribution in [1.82, 2.24) is 5.16 Å². The van der Waals surface area contributed by atoms with Gasteiger partial charge in [0.25, 0.3) is 0 Å². The topological polar surface area (TPSA) is 38.1 Å². The van der Waals surface area contributed by atoms with Gasteiger partial charge in [-0.2, -0.15) is 0 Å². The Morgan fingerprint density at radius 2 is 2.30 bits per heavy atom. The highest BCUT2D eigenvalue weighted by Gasteiger charge is 2.05. The Hall–Kier alpha value is -0.900. The van der Waals surface area contributed by atoms with Gasteiger partial charge in [-0.1, -0.05) is 17.4 Å². The predicted octanol–water partition coefficient (Wildman–Crippen LogP) is 1.54. The molecule has 0 fully saturated rings. The first-order valence-corrected chi connectivity index (χ1v) is 3.22. The van der Waals surface area contributed by atoms with E-state index in [0.29, 0.717) is 0 Å². The number of thiocarbonyl (C=S) groups is 1. The first-order valence-electron chi connectivity index (χ1n) is 2.81. The fourth-order valence-electron chi connectivity index (χ4n) is 0.712. The summed E-state index contributed by atoms with van der Waals surface area (Å²) in [5.41, 5.74) is 4.00. The van der Waals surface area contributed by atoms with E-state index in [1.165, 1.54) is 0 Å². The number of hydrogen-bond donors (Lipinski definition) is 1. The van der Waals surface area contributed by atoms with Crippen molar-refractivity contribution in [3.8, 4) is 0 Å². The molecule has 0 aliphatic heterocycles. The third-order valence-electron chi connectivity index (χ3n) is 1.21. The van der Waals surface area contributed by atoms with Crippen molar-refractivity contribution < 1.29 is 4.52 Å². The Balaban J connectivity index is 2.97. The molecule has 1 rings (SSSR count). The maximum Gasteiger partial charge on any atom is 0.157 e. The number of rotatable bonds is 2. The molecule has 1 heterocycles. The minimum Gasteiger partial charge on any atom is -0.359 e. The maximum atomic E-state index is 4.85. The molecule has 0 amide bonds. The SMILES string of the molecule is Cc1noc(C)c1N[C]=S. The highest BCUT2D eigenvalue weighted by molar-refractivity contribution is 7.79. The van der Waals surface area contributed by atoms with Gasteiger partial charge in [-0.3, -0.25) is 0 Å². The van der Waals surface area contributed by atoms with Gasteiger partial charge in [0, 0.05) is 0 Å². The van der Waals surface area contributed by atoms with E-state index in [0.717, 1.165) is 17.1 Å². The van der Waals surface area contributed by atoms with Crippen LogP contribution in [0.15, 0.2) is 4.52 Å². The lowest BCUT2D eigenvalue weighted by Gasteiger charge is -1.92. The molecule has 53 valence electrons. The van der Waals surface area contributed by atoms with E-state index < -0.39 is 0 Å². The summed E-state index contributed by atoms with van der Waals surface area (Å²) in [5, 5.41) is 6.44. The zero-order valence-electron chi connectivity index (χ0n) is 5.76. The van der Waals surface area contributed by atoms with Gasteiger partial charge >= 0.3 is 0 Å². The van der Waals surface area contributed by atoms with Crippen LogP contribution in [-0.2, 0) is 0 Å². The normalized spacial score (nSPS) is 9.40. The average molecular weight is 155 g/mol. The van der Waals surface area contributed by atoms with Crippen LogP contribution < -0.4 is 5.32 Å². The van der Waals surface area contributed by atoms with Crippen molar-refractivity contribution in [3.63, 3.8) is 0 Å². The second-order valence-electron chi connectivity index (χ2n) is 1.93. The van der Waals surface area contributed by atoms with Gasteiger partial charge in [-0.25, -0.2) is 0 Å². The highest BCUT2D eigenvalue weighted by Crippen LogP contribution is 2.17. The summed E-state index contributed by atoms with van der Waals surface area (Å²) < 4.78 is 4.85. The standard InChI is InChI=1S/C6H7N2OS/c1-4-6(7-3-10)5(2)9-8-4/h1-2H3,(H,7,10). The number of hydrogen-bond acceptors (Lipinski definition) is 3. The molecule has 10 heavy (non-hydrogen) atoms. The summed E-state index contributed by atoms with van der Waals surface area (Å²) in [6.45, 7) is 3.65. The number of nitrogens with zero attached hydrogens (tertiary/aromatic N) is 1. The number of nitrogens with one attached hydrogen (secondary N) is 1. The lowest BCUT2D eigenvalue weighted by atomic mass is 10.3. The average Bonchev–Trinajstić information content (AvgIpc) is 2.20. The molecular formula is C6H7N2OS. The molecule has 0 aliphatic carbocycles. The van der Waals surface area contributed by atoms with Crippen LogP contribution in [0, 0.1) is 13.8 Å². The number of anilines is 1. The molecule has 1 aromatic heterocycles. The number of aryl methyl sites for hydroxylation is 2. The summed E-state index contributed by atoms with van der Waals surface area (Å²) in [5.74, 6) is 0.731. The van der Waals surface area contributed by atoms with Gasteiger partial charge in [-0.15, -0.1) is 0 Å². The molecule has 1 aromatic rings. The fraction of sp³-hybridized carbons (Fsp3) is 0.333. The predicted molar refractivity (Wildman–Crippen MR) is 42.2 cm³/mol. The summed E-state index contributed by atoms with van der Waals surface area (Å²) in [6.07, 6.45) is 0. The minimum atomic E-state index is 0.731. The lowest BCUT2D eigenvalue weighted by molar-refractivity contribution is 0.393. The summed E-state index contributed by atoms with van der Waals surface area (Å²) >= 11 is 4.49. The molecule has 1 N–H and O–H groups in total. The van der Waals surface area contributed by atoms with Crippen molar-refractivity contribution in [3.05, 3.63) is 11.5 Å². The van der Waals surface area contributed by atoms with Gasteiger partial charge in [0.2, 0.25) is 0 Å². The zero-order valence-corrected chi connectivity index (χ0v) is 6.58. The van der Waals surface area contributed by atoms with Crippen molar-refractivity contribution in [2.24, 2.45) is 0 Å².